The van der Waals surface area contributed by atoms with Gasteiger partial charge in [-0.15, -0.1) is 0 Å². The quantitative estimate of drug-likeness (QED) is 0.881. The molecular weight excluding hydrogens is 252 g/mol. The van der Waals surface area contributed by atoms with Crippen LogP contribution < -0.4 is 11.1 Å². The van der Waals surface area contributed by atoms with E-state index in [0.717, 1.165) is 11.1 Å². The molecule has 0 bridgehead atoms. The molecule has 1 aromatic carbocycles. The van der Waals surface area contributed by atoms with Gasteiger partial charge in [-0.1, -0.05) is 31.2 Å². The number of amides is 1. The normalized spacial score (nSPS) is 29.4. The minimum Gasteiger partial charge on any atom is -0.374 e. The predicted molar refractivity (Wildman–Crippen MR) is 78.8 cm³/mol. The molecule has 1 heterocycles. The van der Waals surface area contributed by atoms with E-state index in [9.17, 15) is 4.79 Å². The van der Waals surface area contributed by atoms with E-state index in [2.05, 4.69) is 12.2 Å². The molecule has 0 aliphatic carbocycles. The van der Waals surface area contributed by atoms with Crippen molar-refractivity contribution in [1.29, 1.82) is 0 Å². The van der Waals surface area contributed by atoms with Gasteiger partial charge in [-0.2, -0.15) is 0 Å². The van der Waals surface area contributed by atoms with Gasteiger partial charge in [0.05, 0.1) is 18.1 Å². The highest BCUT2D eigenvalue weighted by atomic mass is 16.5. The zero-order valence-corrected chi connectivity index (χ0v) is 12.4. The lowest BCUT2D eigenvalue weighted by Crippen LogP contribution is -2.36. The van der Waals surface area contributed by atoms with Crippen LogP contribution >= 0.6 is 0 Å². The third-order valence-electron chi connectivity index (χ3n) is 4.27. The number of carbonyl (C=O) groups excluding carboxylic acids is 1. The van der Waals surface area contributed by atoms with Crippen LogP contribution in [0.5, 0.6) is 0 Å². The molecule has 4 unspecified atom stereocenters. The first-order valence-electron chi connectivity index (χ1n) is 7.24. The lowest BCUT2D eigenvalue weighted by molar-refractivity contribution is -0.127. The average molecular weight is 276 g/mol. The smallest absolute Gasteiger partial charge is 0.226 e. The molecule has 110 valence electrons. The Morgan fingerprint density at radius 2 is 1.75 bits per heavy atom. The van der Waals surface area contributed by atoms with Crippen molar-refractivity contribution < 1.29 is 9.53 Å². The summed E-state index contributed by atoms with van der Waals surface area (Å²) in [7, 11) is 0. The molecule has 1 aliphatic heterocycles. The molecule has 1 amide bonds. The van der Waals surface area contributed by atoms with Crippen molar-refractivity contribution in [1.82, 2.24) is 5.32 Å². The van der Waals surface area contributed by atoms with E-state index in [-0.39, 0.29) is 30.0 Å². The third-order valence-corrected chi connectivity index (χ3v) is 4.27. The Labute approximate surface area is 120 Å². The molecule has 1 aromatic rings. The van der Waals surface area contributed by atoms with E-state index in [4.69, 9.17) is 10.5 Å². The second-order valence-electron chi connectivity index (χ2n) is 5.67. The molecule has 4 heteroatoms. The van der Waals surface area contributed by atoms with Gasteiger partial charge in [-0.25, -0.2) is 0 Å². The number of hydrogen-bond donors (Lipinski definition) is 2. The topological polar surface area (TPSA) is 64.3 Å². The lowest BCUT2D eigenvalue weighted by Gasteiger charge is -2.18. The summed E-state index contributed by atoms with van der Waals surface area (Å²) >= 11 is 0. The van der Waals surface area contributed by atoms with Crippen LogP contribution in [-0.4, -0.2) is 18.1 Å². The van der Waals surface area contributed by atoms with Crippen LogP contribution in [0.3, 0.4) is 0 Å². The first-order valence-corrected chi connectivity index (χ1v) is 7.24. The van der Waals surface area contributed by atoms with E-state index < -0.39 is 0 Å². The van der Waals surface area contributed by atoms with Gasteiger partial charge >= 0.3 is 0 Å². The van der Waals surface area contributed by atoms with E-state index in [1.807, 2.05) is 38.1 Å². The second-order valence-corrected chi connectivity index (χ2v) is 5.67. The highest BCUT2D eigenvalue weighted by Gasteiger charge is 2.41. The van der Waals surface area contributed by atoms with Crippen molar-refractivity contribution in [2.45, 2.75) is 46.1 Å². The summed E-state index contributed by atoms with van der Waals surface area (Å²) in [5, 5.41) is 3.01. The van der Waals surface area contributed by atoms with Gasteiger partial charge in [-0.05, 0) is 30.9 Å². The fourth-order valence-electron chi connectivity index (χ4n) is 2.82. The zero-order valence-electron chi connectivity index (χ0n) is 12.4. The highest BCUT2D eigenvalue weighted by Crippen LogP contribution is 2.32. The van der Waals surface area contributed by atoms with E-state index >= 15 is 0 Å². The molecule has 4 nitrogen and oxygen atoms in total. The number of hydrogen-bond acceptors (Lipinski definition) is 3. The Morgan fingerprint density at radius 3 is 2.25 bits per heavy atom. The summed E-state index contributed by atoms with van der Waals surface area (Å²) in [5.41, 5.74) is 7.75. The molecule has 3 N–H and O–H groups in total. The molecule has 1 aliphatic rings. The molecule has 4 atom stereocenters. The molecule has 0 spiro atoms. The van der Waals surface area contributed by atoms with Gasteiger partial charge in [0.25, 0.3) is 0 Å². The van der Waals surface area contributed by atoms with Crippen molar-refractivity contribution in [2.24, 2.45) is 17.6 Å². The van der Waals surface area contributed by atoms with Crippen molar-refractivity contribution >= 4 is 5.91 Å². The fraction of sp³-hybridized carbons (Fsp3) is 0.562. The molecule has 1 saturated heterocycles. The standard InChI is InChI=1S/C16H24N2O2/c1-10-11(2)20-12(3)15(10)16(19)18-9-14-6-4-13(8-17)5-7-14/h4-7,10-12,15H,8-9,17H2,1-3H3,(H,18,19). The second kappa shape index (κ2) is 6.37. The largest absolute Gasteiger partial charge is 0.374 e. The third kappa shape index (κ3) is 3.19. The molecule has 0 radical (unpaired) electrons. The monoisotopic (exact) mass is 276 g/mol. The van der Waals surface area contributed by atoms with Crippen molar-refractivity contribution in [2.75, 3.05) is 0 Å². The fourth-order valence-corrected chi connectivity index (χ4v) is 2.82. The van der Waals surface area contributed by atoms with Crippen LogP contribution in [0.25, 0.3) is 0 Å². The molecular formula is C16H24N2O2. The maximum absolute atomic E-state index is 12.3. The SMILES string of the molecule is CC1OC(C)C(C(=O)NCc2ccc(CN)cc2)C1C. The van der Waals surface area contributed by atoms with Gasteiger partial charge in [0.2, 0.25) is 5.91 Å². The number of nitrogens with two attached hydrogens (primary N) is 1. The number of benzene rings is 1. The number of nitrogens with one attached hydrogen (secondary N) is 1. The minimum absolute atomic E-state index is 0.0142. The number of ether oxygens (including phenoxy) is 1. The Hall–Kier alpha value is -1.39. The summed E-state index contributed by atoms with van der Waals surface area (Å²) in [4.78, 5) is 12.3. The Bertz CT molecular complexity index is 458. The van der Waals surface area contributed by atoms with Gasteiger partial charge in [0.15, 0.2) is 0 Å². The molecule has 1 fully saturated rings. The maximum Gasteiger partial charge on any atom is 0.226 e. The summed E-state index contributed by atoms with van der Waals surface area (Å²) < 4.78 is 5.71. The molecule has 20 heavy (non-hydrogen) atoms. The number of carbonyl (C=O) groups is 1. The van der Waals surface area contributed by atoms with Crippen molar-refractivity contribution in [3.05, 3.63) is 35.4 Å². The van der Waals surface area contributed by atoms with Crippen molar-refractivity contribution in [3.63, 3.8) is 0 Å². The van der Waals surface area contributed by atoms with Crippen LogP contribution in [0.2, 0.25) is 0 Å². The number of rotatable bonds is 4. The van der Waals surface area contributed by atoms with Gasteiger partial charge < -0.3 is 15.8 Å². The Kier molecular flexibility index (Phi) is 4.78. The van der Waals surface area contributed by atoms with E-state index in [1.54, 1.807) is 0 Å². The zero-order chi connectivity index (χ0) is 14.7. The molecule has 2 rings (SSSR count). The van der Waals surface area contributed by atoms with Crippen LogP contribution in [0, 0.1) is 11.8 Å². The molecule has 0 aromatic heterocycles. The highest BCUT2D eigenvalue weighted by molar-refractivity contribution is 5.79. The van der Waals surface area contributed by atoms with Gasteiger partial charge in [-0.3, -0.25) is 4.79 Å². The summed E-state index contributed by atoms with van der Waals surface area (Å²) in [6.07, 6.45) is 0.129. The lowest BCUT2D eigenvalue weighted by atomic mass is 9.89. The first-order chi connectivity index (χ1) is 9.52. The minimum atomic E-state index is -0.0617. The van der Waals surface area contributed by atoms with Crippen LogP contribution in [0.15, 0.2) is 24.3 Å². The van der Waals surface area contributed by atoms with Crippen molar-refractivity contribution in [3.8, 4) is 0 Å². The maximum atomic E-state index is 12.3. The van der Waals surface area contributed by atoms with Gasteiger partial charge in [0, 0.05) is 13.1 Å². The average Bonchev–Trinajstić information content (AvgIpc) is 2.70. The molecule has 0 saturated carbocycles. The van der Waals surface area contributed by atoms with Crippen LogP contribution in [0.1, 0.15) is 31.9 Å². The van der Waals surface area contributed by atoms with Gasteiger partial charge in [0.1, 0.15) is 0 Å². The summed E-state index contributed by atoms with van der Waals surface area (Å²) in [6, 6.07) is 7.99. The summed E-state index contributed by atoms with van der Waals surface area (Å²) in [5.74, 6) is 0.273. The summed E-state index contributed by atoms with van der Waals surface area (Å²) in [6.45, 7) is 7.17. The Balaban J connectivity index is 1.91. The van der Waals surface area contributed by atoms with Crippen LogP contribution in [-0.2, 0) is 22.6 Å². The van der Waals surface area contributed by atoms with Crippen LogP contribution in [0.4, 0.5) is 0 Å². The Morgan fingerprint density at radius 1 is 1.15 bits per heavy atom. The van der Waals surface area contributed by atoms with E-state index in [0.29, 0.717) is 13.1 Å². The first kappa shape index (κ1) is 15.0. The predicted octanol–water partition coefficient (Wildman–Crippen LogP) is 1.82. The van der Waals surface area contributed by atoms with E-state index in [1.165, 1.54) is 0 Å².